The molecular formula is C8H15FN2. The zero-order chi connectivity index (χ0) is 7.68. The molecule has 0 aromatic carbocycles. The number of nitrogens with one attached hydrogen (secondary N) is 1. The third-order valence-electron chi connectivity index (χ3n) is 2.73. The molecule has 11 heavy (non-hydrogen) atoms. The highest BCUT2D eigenvalue weighted by atomic mass is 19.1. The predicted molar refractivity (Wildman–Crippen MR) is 42.4 cm³/mol. The van der Waals surface area contributed by atoms with Crippen molar-refractivity contribution in [3.63, 3.8) is 0 Å². The summed E-state index contributed by atoms with van der Waals surface area (Å²) < 4.78 is 13.2. The maximum atomic E-state index is 13.2. The zero-order valence-corrected chi connectivity index (χ0v) is 6.72. The highest BCUT2D eigenvalue weighted by Crippen LogP contribution is 2.20. The Balaban J connectivity index is 1.88. The van der Waals surface area contributed by atoms with Gasteiger partial charge in [0.2, 0.25) is 0 Å². The van der Waals surface area contributed by atoms with Crippen LogP contribution in [-0.2, 0) is 0 Å². The van der Waals surface area contributed by atoms with E-state index in [-0.39, 0.29) is 6.04 Å². The maximum Gasteiger partial charge on any atom is 0.128 e. The Morgan fingerprint density at radius 1 is 1.36 bits per heavy atom. The summed E-state index contributed by atoms with van der Waals surface area (Å²) >= 11 is 0. The first-order valence-electron chi connectivity index (χ1n) is 4.47. The Morgan fingerprint density at radius 2 is 2.18 bits per heavy atom. The van der Waals surface area contributed by atoms with Crippen LogP contribution in [-0.4, -0.2) is 43.3 Å². The first-order valence-corrected chi connectivity index (χ1v) is 4.47. The number of hydrogen-bond donors (Lipinski definition) is 1. The fourth-order valence-electron chi connectivity index (χ4n) is 1.89. The van der Waals surface area contributed by atoms with Gasteiger partial charge in [0.05, 0.1) is 0 Å². The van der Waals surface area contributed by atoms with Crippen LogP contribution < -0.4 is 5.32 Å². The van der Waals surface area contributed by atoms with E-state index in [0.717, 1.165) is 26.1 Å². The lowest BCUT2D eigenvalue weighted by Gasteiger charge is -2.42. The molecule has 2 saturated heterocycles. The van der Waals surface area contributed by atoms with Gasteiger partial charge in [0.15, 0.2) is 0 Å². The Kier molecular flexibility index (Phi) is 2.09. The van der Waals surface area contributed by atoms with E-state index < -0.39 is 6.17 Å². The third-order valence-corrected chi connectivity index (χ3v) is 2.73. The first kappa shape index (κ1) is 7.50. The van der Waals surface area contributed by atoms with Crippen molar-refractivity contribution in [2.24, 2.45) is 0 Å². The lowest BCUT2D eigenvalue weighted by molar-refractivity contribution is 0.0404. The molecule has 2 heterocycles. The molecule has 3 heteroatoms. The molecule has 64 valence electrons. The average Bonchev–Trinajstić information content (AvgIpc) is 1.90. The highest BCUT2D eigenvalue weighted by molar-refractivity contribution is 4.88. The van der Waals surface area contributed by atoms with Crippen LogP contribution in [0.2, 0.25) is 0 Å². The number of halogens is 1. The molecule has 0 bridgehead atoms. The van der Waals surface area contributed by atoms with Gasteiger partial charge in [-0.1, -0.05) is 0 Å². The van der Waals surface area contributed by atoms with Gasteiger partial charge in [-0.05, 0) is 32.5 Å². The summed E-state index contributed by atoms with van der Waals surface area (Å²) in [5.74, 6) is 0. The minimum Gasteiger partial charge on any atom is -0.314 e. The van der Waals surface area contributed by atoms with E-state index in [1.807, 2.05) is 0 Å². The van der Waals surface area contributed by atoms with Gasteiger partial charge < -0.3 is 5.32 Å². The number of likely N-dealkylation sites (tertiary alicyclic amines) is 1. The first-order chi connectivity index (χ1) is 5.38. The molecule has 0 saturated carbocycles. The number of rotatable bonds is 1. The van der Waals surface area contributed by atoms with Crippen molar-refractivity contribution in [2.75, 3.05) is 26.2 Å². The lowest BCUT2D eigenvalue weighted by atomic mass is 9.99. The van der Waals surface area contributed by atoms with Crippen molar-refractivity contribution in [1.29, 1.82) is 0 Å². The Morgan fingerprint density at radius 3 is 2.73 bits per heavy atom. The van der Waals surface area contributed by atoms with E-state index in [2.05, 4.69) is 10.2 Å². The Bertz CT molecular complexity index is 134. The fraction of sp³-hybridized carbons (Fsp3) is 1.00. The summed E-state index contributed by atoms with van der Waals surface area (Å²) in [6, 6.07) is 0.227. The average molecular weight is 158 g/mol. The minimum absolute atomic E-state index is 0.227. The van der Waals surface area contributed by atoms with Crippen LogP contribution in [0.5, 0.6) is 0 Å². The van der Waals surface area contributed by atoms with E-state index in [1.54, 1.807) is 0 Å². The summed E-state index contributed by atoms with van der Waals surface area (Å²) in [7, 11) is 0. The van der Waals surface area contributed by atoms with Crippen molar-refractivity contribution >= 4 is 0 Å². The maximum absolute atomic E-state index is 13.2. The van der Waals surface area contributed by atoms with Gasteiger partial charge >= 0.3 is 0 Å². The number of piperidine rings is 1. The monoisotopic (exact) mass is 158 g/mol. The molecule has 0 spiro atoms. The van der Waals surface area contributed by atoms with Crippen molar-refractivity contribution in [3.8, 4) is 0 Å². The Hall–Kier alpha value is -0.150. The van der Waals surface area contributed by atoms with Crippen LogP contribution in [0.3, 0.4) is 0 Å². The Labute approximate surface area is 66.8 Å². The molecule has 0 aromatic rings. The van der Waals surface area contributed by atoms with Crippen LogP contribution >= 0.6 is 0 Å². The second-order valence-corrected chi connectivity index (χ2v) is 3.47. The molecular weight excluding hydrogens is 143 g/mol. The largest absolute Gasteiger partial charge is 0.314 e. The summed E-state index contributed by atoms with van der Waals surface area (Å²) in [6.45, 7) is 3.78. The van der Waals surface area contributed by atoms with E-state index in [9.17, 15) is 4.39 Å². The normalized spacial score (nSPS) is 40.1. The minimum atomic E-state index is -0.635. The number of nitrogens with zero attached hydrogens (tertiary/aromatic N) is 1. The van der Waals surface area contributed by atoms with Gasteiger partial charge in [-0.15, -0.1) is 0 Å². The van der Waals surface area contributed by atoms with Gasteiger partial charge in [-0.2, -0.15) is 0 Å². The van der Waals surface area contributed by atoms with Crippen LogP contribution in [0, 0.1) is 0 Å². The van der Waals surface area contributed by atoms with Crippen molar-refractivity contribution in [2.45, 2.75) is 25.1 Å². The molecule has 2 nitrogen and oxygen atoms in total. The second-order valence-electron chi connectivity index (χ2n) is 3.47. The molecule has 0 aromatic heterocycles. The lowest BCUT2D eigenvalue weighted by Crippen LogP contribution is -2.55. The van der Waals surface area contributed by atoms with Crippen LogP contribution in [0.25, 0.3) is 0 Å². The van der Waals surface area contributed by atoms with E-state index in [4.69, 9.17) is 0 Å². The predicted octanol–water partition coefficient (Wildman–Crippen LogP) is 0.392. The van der Waals surface area contributed by atoms with Gasteiger partial charge in [-0.3, -0.25) is 4.90 Å². The molecule has 0 aliphatic carbocycles. The SMILES string of the molecule is F[C@H]1CNCCC1N1CCC1. The van der Waals surface area contributed by atoms with Crippen LogP contribution in [0.1, 0.15) is 12.8 Å². The van der Waals surface area contributed by atoms with Crippen LogP contribution in [0.4, 0.5) is 4.39 Å². The smallest absolute Gasteiger partial charge is 0.128 e. The number of hydrogen-bond acceptors (Lipinski definition) is 2. The molecule has 2 fully saturated rings. The zero-order valence-electron chi connectivity index (χ0n) is 6.72. The summed E-state index contributed by atoms with van der Waals surface area (Å²) in [5, 5.41) is 3.07. The van der Waals surface area contributed by atoms with Gasteiger partial charge in [0.1, 0.15) is 6.17 Å². The van der Waals surface area contributed by atoms with Gasteiger partial charge in [0, 0.05) is 12.6 Å². The van der Waals surface area contributed by atoms with E-state index in [1.165, 1.54) is 6.42 Å². The topological polar surface area (TPSA) is 15.3 Å². The molecule has 2 aliphatic rings. The van der Waals surface area contributed by atoms with Crippen LogP contribution in [0.15, 0.2) is 0 Å². The van der Waals surface area contributed by atoms with Gasteiger partial charge in [-0.25, -0.2) is 4.39 Å². The van der Waals surface area contributed by atoms with E-state index >= 15 is 0 Å². The van der Waals surface area contributed by atoms with Gasteiger partial charge in [0.25, 0.3) is 0 Å². The second kappa shape index (κ2) is 3.07. The molecule has 1 N–H and O–H groups in total. The van der Waals surface area contributed by atoms with Crippen molar-refractivity contribution < 1.29 is 4.39 Å². The van der Waals surface area contributed by atoms with E-state index in [0.29, 0.717) is 6.54 Å². The molecule has 2 aliphatic heterocycles. The highest BCUT2D eigenvalue weighted by Gasteiger charge is 2.32. The molecule has 0 amide bonds. The number of alkyl halides is 1. The summed E-state index contributed by atoms with van der Waals surface area (Å²) in [4.78, 5) is 2.27. The molecule has 2 atom stereocenters. The summed E-state index contributed by atoms with van der Waals surface area (Å²) in [5.41, 5.74) is 0. The third kappa shape index (κ3) is 1.40. The van der Waals surface area contributed by atoms with Crippen molar-refractivity contribution in [1.82, 2.24) is 10.2 Å². The van der Waals surface area contributed by atoms with Crippen molar-refractivity contribution in [3.05, 3.63) is 0 Å². The molecule has 0 radical (unpaired) electrons. The standard InChI is InChI=1S/C8H15FN2/c9-7-6-10-3-2-8(7)11-4-1-5-11/h7-8,10H,1-6H2/t7-,8?/m0/s1. The quantitative estimate of drug-likeness (QED) is 0.594. The molecule has 2 rings (SSSR count). The summed E-state index contributed by atoms with van der Waals surface area (Å²) in [6.07, 6.45) is 1.61. The fourth-order valence-corrected chi connectivity index (χ4v) is 1.89. The molecule has 1 unspecified atom stereocenters.